The number of likely N-dealkylation sites (tertiary alicyclic amines) is 1. The average molecular weight is 359 g/mol. The zero-order valence-electron chi connectivity index (χ0n) is 15.1. The van der Waals surface area contributed by atoms with Gasteiger partial charge in [-0.3, -0.25) is 4.90 Å². The van der Waals surface area contributed by atoms with Crippen LogP contribution in [-0.2, 0) is 16.4 Å². The number of benzene rings is 2. The van der Waals surface area contributed by atoms with Crippen LogP contribution in [0.25, 0.3) is 11.1 Å². The van der Waals surface area contributed by atoms with Gasteiger partial charge in [0.15, 0.2) is 9.84 Å². The van der Waals surface area contributed by atoms with Crippen molar-refractivity contribution >= 4 is 9.84 Å². The van der Waals surface area contributed by atoms with Crippen molar-refractivity contribution in [2.75, 3.05) is 33.4 Å². The van der Waals surface area contributed by atoms with E-state index < -0.39 is 9.84 Å². The molecule has 1 heterocycles. The first-order valence-corrected chi connectivity index (χ1v) is 10.5. The molecule has 3 rings (SSSR count). The number of rotatable bonds is 5. The maximum Gasteiger partial charge on any atom is 0.175 e. The molecule has 0 amide bonds. The Balaban J connectivity index is 1.66. The Hall–Kier alpha value is -1.69. The van der Waals surface area contributed by atoms with Crippen LogP contribution in [-0.4, -0.2) is 57.7 Å². The summed E-state index contributed by atoms with van der Waals surface area (Å²) >= 11 is 0. The summed E-state index contributed by atoms with van der Waals surface area (Å²) in [6.07, 6.45) is 2.47. The van der Waals surface area contributed by atoms with Gasteiger partial charge in [-0.1, -0.05) is 36.4 Å². The third kappa shape index (κ3) is 4.48. The first-order chi connectivity index (χ1) is 11.8. The van der Waals surface area contributed by atoms with Crippen molar-refractivity contribution in [3.8, 4) is 11.1 Å². The number of nitrogens with zero attached hydrogens (tertiary/aromatic N) is 2. The highest BCUT2D eigenvalue weighted by molar-refractivity contribution is 7.90. The Labute approximate surface area is 151 Å². The van der Waals surface area contributed by atoms with Crippen molar-refractivity contribution < 1.29 is 8.42 Å². The minimum Gasteiger partial charge on any atom is -0.305 e. The molecule has 0 spiro atoms. The van der Waals surface area contributed by atoms with E-state index in [1.54, 1.807) is 12.1 Å². The molecule has 1 saturated heterocycles. The molecule has 2 aromatic rings. The summed E-state index contributed by atoms with van der Waals surface area (Å²) in [6, 6.07) is 16.3. The monoisotopic (exact) mass is 358 g/mol. The summed E-state index contributed by atoms with van der Waals surface area (Å²) in [5, 5.41) is 0. The second-order valence-electron chi connectivity index (χ2n) is 7.13. The van der Waals surface area contributed by atoms with Crippen molar-refractivity contribution in [1.29, 1.82) is 0 Å². The fourth-order valence-corrected chi connectivity index (χ4v) is 3.96. The number of hydrogen-bond acceptors (Lipinski definition) is 4. The summed E-state index contributed by atoms with van der Waals surface area (Å²) in [5.41, 5.74) is 3.46. The molecule has 0 radical (unpaired) electrons. The molecule has 1 aliphatic heterocycles. The predicted octanol–water partition coefficient (Wildman–Crippen LogP) is 2.89. The van der Waals surface area contributed by atoms with E-state index in [0.717, 1.165) is 30.8 Å². The molecule has 0 bridgehead atoms. The van der Waals surface area contributed by atoms with Crippen molar-refractivity contribution in [2.45, 2.75) is 23.9 Å². The van der Waals surface area contributed by atoms with E-state index in [-0.39, 0.29) is 0 Å². The minimum absolute atomic E-state index is 0.359. The molecule has 1 atom stereocenters. The molecule has 0 aromatic heterocycles. The zero-order chi connectivity index (χ0) is 18.0. The molecule has 134 valence electrons. The topological polar surface area (TPSA) is 40.6 Å². The fourth-order valence-electron chi connectivity index (χ4n) is 3.33. The highest BCUT2D eigenvalue weighted by Crippen LogP contribution is 2.23. The van der Waals surface area contributed by atoms with Crippen molar-refractivity contribution in [2.24, 2.45) is 0 Å². The SMILES string of the molecule is CN(C)[C@@H]1CCN(Cc2ccc(-c3ccc(S(C)(=O)=O)cc3)cc2)C1. The predicted molar refractivity (Wildman–Crippen MR) is 102 cm³/mol. The lowest BCUT2D eigenvalue weighted by Crippen LogP contribution is -2.31. The van der Waals surface area contributed by atoms with Crippen LogP contribution in [0.4, 0.5) is 0 Å². The lowest BCUT2D eigenvalue weighted by Gasteiger charge is -2.20. The highest BCUT2D eigenvalue weighted by atomic mass is 32.2. The molecule has 1 fully saturated rings. The quantitative estimate of drug-likeness (QED) is 0.824. The maximum absolute atomic E-state index is 11.5. The average Bonchev–Trinajstić information content (AvgIpc) is 3.04. The van der Waals surface area contributed by atoms with Crippen LogP contribution in [0, 0.1) is 0 Å². The summed E-state index contributed by atoms with van der Waals surface area (Å²) in [7, 11) is 1.16. The standard InChI is InChI=1S/C20H26N2O2S/c1-21(2)19-12-13-22(15-19)14-16-4-6-17(7-5-16)18-8-10-20(11-9-18)25(3,23)24/h4-11,19H,12-15H2,1-3H3/t19-/m1/s1. The van der Waals surface area contributed by atoms with Gasteiger partial charge in [0.1, 0.15) is 0 Å². The molecular weight excluding hydrogens is 332 g/mol. The molecule has 0 N–H and O–H groups in total. The van der Waals surface area contributed by atoms with Gasteiger partial charge in [0.05, 0.1) is 4.90 Å². The molecule has 0 saturated carbocycles. The second kappa shape index (κ2) is 7.28. The molecule has 4 nitrogen and oxygen atoms in total. The van der Waals surface area contributed by atoms with Gasteiger partial charge in [0.25, 0.3) is 0 Å². The lowest BCUT2D eigenvalue weighted by molar-refractivity contribution is 0.264. The van der Waals surface area contributed by atoms with E-state index in [9.17, 15) is 8.42 Å². The van der Waals surface area contributed by atoms with Gasteiger partial charge in [-0.15, -0.1) is 0 Å². The second-order valence-corrected chi connectivity index (χ2v) is 9.15. The van der Waals surface area contributed by atoms with Crippen LogP contribution < -0.4 is 0 Å². The zero-order valence-corrected chi connectivity index (χ0v) is 16.0. The molecule has 2 aromatic carbocycles. The van der Waals surface area contributed by atoms with Gasteiger partial charge in [0, 0.05) is 31.9 Å². The third-order valence-corrected chi connectivity index (χ3v) is 6.08. The Morgan fingerprint density at radius 2 is 1.56 bits per heavy atom. The molecular formula is C20H26N2O2S. The summed E-state index contributed by atoms with van der Waals surface area (Å²) in [5.74, 6) is 0. The van der Waals surface area contributed by atoms with E-state index in [4.69, 9.17) is 0 Å². The van der Waals surface area contributed by atoms with E-state index in [0.29, 0.717) is 10.9 Å². The Morgan fingerprint density at radius 3 is 2.04 bits per heavy atom. The molecule has 25 heavy (non-hydrogen) atoms. The van der Waals surface area contributed by atoms with Gasteiger partial charge in [0.2, 0.25) is 0 Å². The third-order valence-electron chi connectivity index (χ3n) is 4.95. The molecule has 0 unspecified atom stereocenters. The van der Waals surface area contributed by atoms with Crippen LogP contribution in [0.1, 0.15) is 12.0 Å². The van der Waals surface area contributed by atoms with Crippen molar-refractivity contribution in [1.82, 2.24) is 9.80 Å². The van der Waals surface area contributed by atoms with Crippen LogP contribution in [0.3, 0.4) is 0 Å². The van der Waals surface area contributed by atoms with Crippen molar-refractivity contribution in [3.05, 3.63) is 54.1 Å². The van der Waals surface area contributed by atoms with Crippen LogP contribution in [0.15, 0.2) is 53.4 Å². The number of sulfone groups is 1. The lowest BCUT2D eigenvalue weighted by atomic mass is 10.0. The molecule has 5 heteroatoms. The highest BCUT2D eigenvalue weighted by Gasteiger charge is 2.23. The van der Waals surface area contributed by atoms with Gasteiger partial charge >= 0.3 is 0 Å². The summed E-state index contributed by atoms with van der Waals surface area (Å²) < 4.78 is 23.1. The van der Waals surface area contributed by atoms with Crippen LogP contribution in [0.5, 0.6) is 0 Å². The Kier molecular flexibility index (Phi) is 5.27. The number of likely N-dealkylation sites (N-methyl/N-ethyl adjacent to an activating group) is 1. The fraction of sp³-hybridized carbons (Fsp3) is 0.400. The largest absolute Gasteiger partial charge is 0.305 e. The number of hydrogen-bond donors (Lipinski definition) is 0. The van der Waals surface area contributed by atoms with Gasteiger partial charge in [-0.25, -0.2) is 8.42 Å². The van der Waals surface area contributed by atoms with Crippen LogP contribution >= 0.6 is 0 Å². The van der Waals surface area contributed by atoms with E-state index in [2.05, 4.69) is 48.2 Å². The van der Waals surface area contributed by atoms with Crippen LogP contribution in [0.2, 0.25) is 0 Å². The normalized spacial score (nSPS) is 18.8. The Bertz CT molecular complexity index is 812. The van der Waals surface area contributed by atoms with Gasteiger partial charge in [-0.05, 0) is 49.3 Å². The van der Waals surface area contributed by atoms with E-state index in [1.807, 2.05) is 12.1 Å². The van der Waals surface area contributed by atoms with E-state index >= 15 is 0 Å². The van der Waals surface area contributed by atoms with Gasteiger partial charge < -0.3 is 4.90 Å². The maximum atomic E-state index is 11.5. The summed E-state index contributed by atoms with van der Waals surface area (Å²) in [4.78, 5) is 5.17. The molecule has 0 aliphatic carbocycles. The first-order valence-electron chi connectivity index (χ1n) is 8.61. The van der Waals surface area contributed by atoms with E-state index in [1.165, 1.54) is 18.2 Å². The van der Waals surface area contributed by atoms with Crippen molar-refractivity contribution in [3.63, 3.8) is 0 Å². The van der Waals surface area contributed by atoms with Gasteiger partial charge in [-0.2, -0.15) is 0 Å². The minimum atomic E-state index is -3.14. The smallest absolute Gasteiger partial charge is 0.175 e. The molecule has 1 aliphatic rings. The Morgan fingerprint density at radius 1 is 1.00 bits per heavy atom. The first kappa shape index (κ1) is 18.1. The summed E-state index contributed by atoms with van der Waals surface area (Å²) in [6.45, 7) is 3.26.